The van der Waals surface area contributed by atoms with Crippen LogP contribution >= 0.6 is 0 Å². The van der Waals surface area contributed by atoms with Crippen molar-refractivity contribution in [3.05, 3.63) is 113 Å². The lowest BCUT2D eigenvalue weighted by molar-refractivity contribution is -0.129. The number of aryl methyl sites for hydroxylation is 4. The molecule has 5 nitrogen and oxygen atoms in total. The zero-order valence-corrected chi connectivity index (χ0v) is 19.8. The third-order valence-electron chi connectivity index (χ3n) is 5.64. The van der Waals surface area contributed by atoms with Crippen molar-refractivity contribution in [3.63, 3.8) is 0 Å². The summed E-state index contributed by atoms with van der Waals surface area (Å²) in [6, 6.07) is 15.1. The second kappa shape index (κ2) is 10.2. The molecule has 1 atom stereocenters. The van der Waals surface area contributed by atoms with Gasteiger partial charge in [0.05, 0.1) is 0 Å². The summed E-state index contributed by atoms with van der Waals surface area (Å²) in [5.41, 5.74) is 5.66. The molecule has 3 rings (SSSR count). The fourth-order valence-electron chi connectivity index (χ4n) is 4.12. The minimum absolute atomic E-state index is 0.243. The first kappa shape index (κ1) is 24.5. The van der Waals surface area contributed by atoms with Crippen LogP contribution in [0.3, 0.4) is 0 Å². The van der Waals surface area contributed by atoms with E-state index < -0.39 is 11.9 Å². The molecule has 34 heavy (non-hydrogen) atoms. The van der Waals surface area contributed by atoms with Gasteiger partial charge in [0.1, 0.15) is 17.2 Å². The molecule has 3 aromatic rings. The SMILES string of the molecule is C=CC(=O)Oc1ccccc1C(c1cc(C)c(O)c(C)c1)c1cc(C)c(OC(=O)C=C)c(C)c1. The Hall–Kier alpha value is -4.12. The van der Waals surface area contributed by atoms with Gasteiger partial charge in [0.2, 0.25) is 0 Å². The first-order chi connectivity index (χ1) is 16.2. The number of carbonyl (C=O) groups is 2. The third-order valence-corrected chi connectivity index (χ3v) is 5.64. The van der Waals surface area contributed by atoms with Crippen LogP contribution in [-0.2, 0) is 9.59 Å². The van der Waals surface area contributed by atoms with Gasteiger partial charge in [-0.05, 0) is 67.1 Å². The van der Waals surface area contributed by atoms with Crippen molar-refractivity contribution in [1.82, 2.24) is 0 Å². The minimum atomic E-state index is -0.552. The summed E-state index contributed by atoms with van der Waals surface area (Å²) in [5, 5.41) is 10.4. The first-order valence-electron chi connectivity index (χ1n) is 10.8. The molecule has 3 aromatic carbocycles. The number of aromatic hydroxyl groups is 1. The van der Waals surface area contributed by atoms with Gasteiger partial charge in [-0.2, -0.15) is 0 Å². The van der Waals surface area contributed by atoms with Crippen LogP contribution < -0.4 is 9.47 Å². The van der Waals surface area contributed by atoms with Gasteiger partial charge in [-0.15, -0.1) is 0 Å². The van der Waals surface area contributed by atoms with Gasteiger partial charge >= 0.3 is 11.9 Å². The second-order valence-electron chi connectivity index (χ2n) is 8.21. The number of carbonyl (C=O) groups excluding carboxylic acids is 2. The number of esters is 2. The van der Waals surface area contributed by atoms with Crippen molar-refractivity contribution in [3.8, 4) is 17.2 Å². The molecule has 0 bridgehead atoms. The van der Waals surface area contributed by atoms with E-state index in [-0.39, 0.29) is 11.7 Å². The number of benzene rings is 3. The average Bonchev–Trinajstić information content (AvgIpc) is 2.80. The van der Waals surface area contributed by atoms with Crippen molar-refractivity contribution >= 4 is 11.9 Å². The average molecular weight is 457 g/mol. The lowest BCUT2D eigenvalue weighted by Gasteiger charge is -2.24. The van der Waals surface area contributed by atoms with Crippen LogP contribution in [0, 0.1) is 27.7 Å². The van der Waals surface area contributed by atoms with E-state index in [9.17, 15) is 14.7 Å². The number of para-hydroxylation sites is 1. The predicted molar refractivity (Wildman–Crippen MR) is 133 cm³/mol. The Balaban J connectivity index is 2.27. The summed E-state index contributed by atoms with van der Waals surface area (Å²) >= 11 is 0. The number of hydrogen-bond acceptors (Lipinski definition) is 5. The van der Waals surface area contributed by atoms with Crippen LogP contribution in [0.25, 0.3) is 0 Å². The highest BCUT2D eigenvalue weighted by Gasteiger charge is 2.24. The Bertz CT molecular complexity index is 1240. The quantitative estimate of drug-likeness (QED) is 0.205. The van der Waals surface area contributed by atoms with Gasteiger partial charge in [0.15, 0.2) is 0 Å². The van der Waals surface area contributed by atoms with Crippen molar-refractivity contribution in [1.29, 1.82) is 0 Å². The molecule has 0 spiro atoms. The van der Waals surface area contributed by atoms with Gasteiger partial charge in [-0.25, -0.2) is 9.59 Å². The first-order valence-corrected chi connectivity index (χ1v) is 10.8. The molecule has 5 heteroatoms. The molecule has 0 aliphatic heterocycles. The van der Waals surface area contributed by atoms with Crippen LogP contribution in [0.15, 0.2) is 73.8 Å². The summed E-state index contributed by atoms with van der Waals surface area (Å²) in [7, 11) is 0. The molecule has 1 unspecified atom stereocenters. The Morgan fingerprint density at radius 2 is 1.26 bits per heavy atom. The maximum atomic E-state index is 12.0. The van der Waals surface area contributed by atoms with Crippen LogP contribution in [0.4, 0.5) is 0 Å². The van der Waals surface area contributed by atoms with E-state index in [4.69, 9.17) is 9.47 Å². The lowest BCUT2D eigenvalue weighted by Crippen LogP contribution is -2.11. The largest absolute Gasteiger partial charge is 0.507 e. The summed E-state index contributed by atoms with van der Waals surface area (Å²) < 4.78 is 11.0. The monoisotopic (exact) mass is 456 g/mol. The molecular formula is C29H28O5. The Kier molecular flexibility index (Phi) is 7.37. The van der Waals surface area contributed by atoms with Gasteiger partial charge in [0, 0.05) is 23.6 Å². The Labute approximate surface area is 200 Å². The van der Waals surface area contributed by atoms with Crippen molar-refractivity contribution in [2.24, 2.45) is 0 Å². The van der Waals surface area contributed by atoms with Gasteiger partial charge in [-0.1, -0.05) is 55.6 Å². The highest BCUT2D eigenvalue weighted by Crippen LogP contribution is 2.41. The second-order valence-corrected chi connectivity index (χ2v) is 8.21. The molecule has 0 saturated carbocycles. The molecule has 0 heterocycles. The van der Waals surface area contributed by atoms with E-state index in [1.165, 1.54) is 0 Å². The summed E-state index contributed by atoms with van der Waals surface area (Å²) in [6.45, 7) is 14.4. The molecule has 0 saturated heterocycles. The molecular weight excluding hydrogens is 428 g/mol. The summed E-state index contributed by atoms with van der Waals surface area (Å²) in [5.74, 6) is -0.262. The lowest BCUT2D eigenvalue weighted by atomic mass is 9.82. The molecule has 0 aliphatic rings. The van der Waals surface area contributed by atoms with Crippen LogP contribution in [0.1, 0.15) is 44.9 Å². The van der Waals surface area contributed by atoms with E-state index in [0.29, 0.717) is 11.5 Å². The van der Waals surface area contributed by atoms with Crippen LogP contribution in [0.5, 0.6) is 17.2 Å². The summed E-state index contributed by atoms with van der Waals surface area (Å²) in [6.07, 6.45) is 2.25. The van der Waals surface area contributed by atoms with Gasteiger partial charge < -0.3 is 14.6 Å². The van der Waals surface area contributed by atoms with E-state index in [1.807, 2.05) is 64.1 Å². The maximum Gasteiger partial charge on any atom is 0.335 e. The van der Waals surface area contributed by atoms with E-state index in [0.717, 1.165) is 51.1 Å². The zero-order valence-electron chi connectivity index (χ0n) is 19.8. The molecule has 0 aromatic heterocycles. The number of rotatable bonds is 7. The predicted octanol–water partition coefficient (Wildman–Crippen LogP) is 5.99. The van der Waals surface area contributed by atoms with E-state index >= 15 is 0 Å². The fraction of sp³-hybridized carbons (Fsp3) is 0.172. The van der Waals surface area contributed by atoms with E-state index in [2.05, 4.69) is 13.2 Å². The number of ether oxygens (including phenoxy) is 2. The van der Waals surface area contributed by atoms with Crippen LogP contribution in [0.2, 0.25) is 0 Å². The normalized spacial score (nSPS) is 11.4. The zero-order chi connectivity index (χ0) is 25.0. The van der Waals surface area contributed by atoms with Crippen LogP contribution in [-0.4, -0.2) is 17.0 Å². The number of phenols is 1. The molecule has 0 aliphatic carbocycles. The topological polar surface area (TPSA) is 72.8 Å². The smallest absolute Gasteiger partial charge is 0.335 e. The highest BCUT2D eigenvalue weighted by atomic mass is 16.5. The highest BCUT2D eigenvalue weighted by molar-refractivity contribution is 5.84. The van der Waals surface area contributed by atoms with Gasteiger partial charge in [-0.3, -0.25) is 0 Å². The van der Waals surface area contributed by atoms with E-state index in [1.54, 1.807) is 12.1 Å². The molecule has 174 valence electrons. The molecule has 0 radical (unpaired) electrons. The van der Waals surface area contributed by atoms with Crippen molar-refractivity contribution < 1.29 is 24.2 Å². The van der Waals surface area contributed by atoms with Crippen molar-refractivity contribution in [2.75, 3.05) is 0 Å². The standard InChI is InChI=1S/C29H28O5/c1-7-25(30)33-24-12-10-9-11-23(24)27(21-13-17(3)28(32)18(4)14-21)22-15-19(5)29(20(6)16-22)34-26(31)8-2/h7-16,27,32H,1-2H2,3-6H3. The van der Waals surface area contributed by atoms with Crippen molar-refractivity contribution in [2.45, 2.75) is 33.6 Å². The van der Waals surface area contributed by atoms with Gasteiger partial charge in [0.25, 0.3) is 0 Å². The third kappa shape index (κ3) is 5.09. The number of phenolic OH excluding ortho intramolecular Hbond substituents is 1. The fourth-order valence-corrected chi connectivity index (χ4v) is 4.12. The molecule has 0 fully saturated rings. The maximum absolute atomic E-state index is 12.0. The molecule has 1 N–H and O–H groups in total. The Morgan fingerprint density at radius 3 is 1.79 bits per heavy atom. The Morgan fingerprint density at radius 1 is 0.794 bits per heavy atom. The summed E-state index contributed by atoms with van der Waals surface area (Å²) in [4.78, 5) is 23.8. The number of hydrogen-bond donors (Lipinski definition) is 1. The molecule has 0 amide bonds. The minimum Gasteiger partial charge on any atom is -0.507 e.